The lowest BCUT2D eigenvalue weighted by atomic mass is 9.90. The molecule has 3 aromatic carbocycles. The Morgan fingerprint density at radius 1 is 0.912 bits per heavy atom. The number of hydrogen-bond donors (Lipinski definition) is 1. The van der Waals surface area contributed by atoms with Crippen LogP contribution in [0, 0.1) is 12.8 Å². The summed E-state index contributed by atoms with van der Waals surface area (Å²) in [6.07, 6.45) is 3.61. The molecule has 3 aromatic rings. The zero-order valence-corrected chi connectivity index (χ0v) is 19.9. The van der Waals surface area contributed by atoms with Gasteiger partial charge in [-0.2, -0.15) is 0 Å². The molecule has 1 amide bonds. The van der Waals surface area contributed by atoms with Gasteiger partial charge in [0.05, 0.1) is 12.7 Å². The highest BCUT2D eigenvalue weighted by Gasteiger charge is 2.19. The van der Waals surface area contributed by atoms with Crippen LogP contribution in [0.1, 0.15) is 50.2 Å². The SMILES string of the molecule is COC(=O)c1ccc(C)c(NC(=O)c2ccc(CN3CCC(Cc4ccccc4)CC3)cc2)c1. The Hall–Kier alpha value is -3.44. The predicted octanol–water partition coefficient (Wildman–Crippen LogP) is 5.49. The fourth-order valence-electron chi connectivity index (χ4n) is 4.51. The summed E-state index contributed by atoms with van der Waals surface area (Å²) in [6.45, 7) is 5.01. The Labute approximate surface area is 201 Å². The van der Waals surface area contributed by atoms with E-state index in [-0.39, 0.29) is 5.91 Å². The Kier molecular flexibility index (Phi) is 7.76. The van der Waals surface area contributed by atoms with Crippen LogP contribution in [0.3, 0.4) is 0 Å². The van der Waals surface area contributed by atoms with Gasteiger partial charge in [-0.3, -0.25) is 9.69 Å². The largest absolute Gasteiger partial charge is 0.465 e. The smallest absolute Gasteiger partial charge is 0.337 e. The van der Waals surface area contributed by atoms with Crippen LogP contribution < -0.4 is 5.32 Å². The van der Waals surface area contributed by atoms with E-state index in [0.717, 1.165) is 31.1 Å². The van der Waals surface area contributed by atoms with E-state index in [1.54, 1.807) is 18.2 Å². The van der Waals surface area contributed by atoms with Crippen molar-refractivity contribution in [2.24, 2.45) is 5.92 Å². The van der Waals surface area contributed by atoms with Gasteiger partial charge in [-0.15, -0.1) is 0 Å². The molecule has 4 rings (SSSR count). The summed E-state index contributed by atoms with van der Waals surface area (Å²) in [5.41, 5.74) is 5.13. The third-order valence-electron chi connectivity index (χ3n) is 6.60. The Bertz CT molecular complexity index is 1120. The van der Waals surface area contributed by atoms with Gasteiger partial charge in [0.25, 0.3) is 5.91 Å². The van der Waals surface area contributed by atoms with Crippen LogP contribution in [0.4, 0.5) is 5.69 Å². The number of benzene rings is 3. The second kappa shape index (κ2) is 11.1. The molecule has 1 fully saturated rings. The number of nitrogens with zero attached hydrogens (tertiary/aromatic N) is 1. The van der Waals surface area contributed by atoms with E-state index >= 15 is 0 Å². The van der Waals surface area contributed by atoms with Gasteiger partial charge < -0.3 is 10.1 Å². The number of ether oxygens (including phenoxy) is 1. The molecule has 1 heterocycles. The fourth-order valence-corrected chi connectivity index (χ4v) is 4.51. The molecule has 176 valence electrons. The number of carbonyl (C=O) groups is 2. The number of carbonyl (C=O) groups excluding carboxylic acids is 2. The number of rotatable bonds is 7. The zero-order valence-electron chi connectivity index (χ0n) is 19.9. The van der Waals surface area contributed by atoms with Crippen molar-refractivity contribution < 1.29 is 14.3 Å². The average molecular weight is 457 g/mol. The molecule has 1 N–H and O–H groups in total. The number of methoxy groups -OCH3 is 1. The van der Waals surface area contributed by atoms with Crippen molar-refractivity contribution in [2.45, 2.75) is 32.7 Å². The summed E-state index contributed by atoms with van der Waals surface area (Å²) < 4.78 is 4.77. The van der Waals surface area contributed by atoms with Crippen LogP contribution in [0.2, 0.25) is 0 Å². The lowest BCUT2D eigenvalue weighted by Crippen LogP contribution is -2.33. The van der Waals surface area contributed by atoms with E-state index in [0.29, 0.717) is 16.8 Å². The second-order valence-electron chi connectivity index (χ2n) is 9.08. The van der Waals surface area contributed by atoms with Crippen LogP contribution in [0.25, 0.3) is 0 Å². The van der Waals surface area contributed by atoms with Crippen molar-refractivity contribution in [1.82, 2.24) is 4.90 Å². The van der Waals surface area contributed by atoms with E-state index in [2.05, 4.69) is 40.5 Å². The number of anilines is 1. The Morgan fingerprint density at radius 2 is 1.59 bits per heavy atom. The standard InChI is InChI=1S/C29H32N2O3/c1-21-8-11-26(29(33)34-2)19-27(21)30-28(32)25-12-9-24(10-13-25)20-31-16-14-23(15-17-31)18-22-6-4-3-5-7-22/h3-13,19,23H,14-18,20H2,1-2H3,(H,30,32). The molecule has 5 heteroatoms. The monoisotopic (exact) mass is 456 g/mol. The normalized spacial score (nSPS) is 14.5. The first kappa shape index (κ1) is 23.7. The van der Waals surface area contributed by atoms with E-state index in [1.165, 1.54) is 37.5 Å². The maximum absolute atomic E-state index is 12.8. The van der Waals surface area contributed by atoms with Gasteiger partial charge in [-0.05, 0) is 86.1 Å². The maximum atomic E-state index is 12.8. The highest BCUT2D eigenvalue weighted by Crippen LogP contribution is 2.23. The number of nitrogens with one attached hydrogen (secondary N) is 1. The highest BCUT2D eigenvalue weighted by atomic mass is 16.5. The molecular formula is C29H32N2O3. The van der Waals surface area contributed by atoms with E-state index in [4.69, 9.17) is 4.74 Å². The van der Waals surface area contributed by atoms with E-state index in [1.807, 2.05) is 31.2 Å². The molecule has 0 aromatic heterocycles. The molecule has 5 nitrogen and oxygen atoms in total. The molecule has 0 spiro atoms. The van der Waals surface area contributed by atoms with Crippen molar-refractivity contribution in [3.05, 3.63) is 101 Å². The van der Waals surface area contributed by atoms with Gasteiger partial charge in [0.15, 0.2) is 0 Å². The molecular weight excluding hydrogens is 424 g/mol. The van der Waals surface area contributed by atoms with Crippen LogP contribution >= 0.6 is 0 Å². The third kappa shape index (κ3) is 6.12. The number of esters is 1. The quantitative estimate of drug-likeness (QED) is 0.478. The Balaban J connectivity index is 1.30. The zero-order chi connectivity index (χ0) is 23.9. The van der Waals surface area contributed by atoms with Crippen LogP contribution in [-0.4, -0.2) is 37.0 Å². The van der Waals surface area contributed by atoms with Crippen LogP contribution in [-0.2, 0) is 17.7 Å². The van der Waals surface area contributed by atoms with Crippen molar-refractivity contribution in [2.75, 3.05) is 25.5 Å². The molecule has 1 aliphatic rings. The lowest BCUT2D eigenvalue weighted by Gasteiger charge is -2.32. The van der Waals surface area contributed by atoms with Crippen molar-refractivity contribution >= 4 is 17.6 Å². The second-order valence-corrected chi connectivity index (χ2v) is 9.08. The molecule has 0 radical (unpaired) electrons. The Morgan fingerprint density at radius 3 is 2.26 bits per heavy atom. The summed E-state index contributed by atoms with van der Waals surface area (Å²) in [5, 5.41) is 2.91. The first-order valence-electron chi connectivity index (χ1n) is 11.9. The van der Waals surface area contributed by atoms with Crippen molar-refractivity contribution in [3.63, 3.8) is 0 Å². The fraction of sp³-hybridized carbons (Fsp3) is 0.310. The summed E-state index contributed by atoms with van der Waals surface area (Å²) in [5.74, 6) is 0.133. The molecule has 1 aliphatic heterocycles. The predicted molar refractivity (Wildman–Crippen MR) is 135 cm³/mol. The number of piperidine rings is 1. The van der Waals surface area contributed by atoms with Gasteiger partial charge in [0.1, 0.15) is 0 Å². The number of aryl methyl sites for hydroxylation is 1. The lowest BCUT2D eigenvalue weighted by molar-refractivity contribution is 0.0600. The first-order valence-corrected chi connectivity index (χ1v) is 11.9. The molecule has 1 saturated heterocycles. The minimum absolute atomic E-state index is 0.196. The highest BCUT2D eigenvalue weighted by molar-refractivity contribution is 6.05. The minimum atomic E-state index is -0.427. The molecule has 0 bridgehead atoms. The molecule has 0 saturated carbocycles. The average Bonchev–Trinajstić information content (AvgIpc) is 2.87. The van der Waals surface area contributed by atoms with Gasteiger partial charge >= 0.3 is 5.97 Å². The van der Waals surface area contributed by atoms with Crippen LogP contribution in [0.5, 0.6) is 0 Å². The van der Waals surface area contributed by atoms with E-state index < -0.39 is 5.97 Å². The minimum Gasteiger partial charge on any atom is -0.465 e. The third-order valence-corrected chi connectivity index (χ3v) is 6.60. The number of likely N-dealkylation sites (tertiary alicyclic amines) is 1. The summed E-state index contributed by atoms with van der Waals surface area (Å²) in [4.78, 5) is 27.1. The molecule has 0 aliphatic carbocycles. The van der Waals surface area contributed by atoms with Gasteiger partial charge in [0, 0.05) is 17.8 Å². The van der Waals surface area contributed by atoms with Crippen molar-refractivity contribution in [3.8, 4) is 0 Å². The summed E-state index contributed by atoms with van der Waals surface area (Å²) >= 11 is 0. The number of amides is 1. The summed E-state index contributed by atoms with van der Waals surface area (Å²) in [7, 11) is 1.34. The summed E-state index contributed by atoms with van der Waals surface area (Å²) in [6, 6.07) is 23.7. The maximum Gasteiger partial charge on any atom is 0.337 e. The van der Waals surface area contributed by atoms with Gasteiger partial charge in [-0.25, -0.2) is 4.79 Å². The van der Waals surface area contributed by atoms with Crippen molar-refractivity contribution in [1.29, 1.82) is 0 Å². The first-order chi connectivity index (χ1) is 16.5. The molecule has 34 heavy (non-hydrogen) atoms. The molecule has 0 atom stereocenters. The van der Waals surface area contributed by atoms with Crippen LogP contribution in [0.15, 0.2) is 72.8 Å². The van der Waals surface area contributed by atoms with Gasteiger partial charge in [-0.1, -0.05) is 48.5 Å². The van der Waals surface area contributed by atoms with E-state index in [9.17, 15) is 9.59 Å². The number of hydrogen-bond acceptors (Lipinski definition) is 4. The molecule has 0 unspecified atom stereocenters. The van der Waals surface area contributed by atoms with Gasteiger partial charge in [0.2, 0.25) is 0 Å². The topological polar surface area (TPSA) is 58.6 Å².